The topological polar surface area (TPSA) is 84.3 Å². The summed E-state index contributed by atoms with van der Waals surface area (Å²) < 4.78 is 26.7. The molecule has 8 heteroatoms. The Morgan fingerprint density at radius 2 is 2.25 bits per heavy atom. The smallest absolute Gasteiger partial charge is 0.247 e. The zero-order valence-corrected chi connectivity index (χ0v) is 12.5. The van der Waals surface area contributed by atoms with Crippen molar-refractivity contribution in [2.45, 2.75) is 31.8 Å². The summed E-state index contributed by atoms with van der Waals surface area (Å²) in [4.78, 5) is 14.1. The standard InChI is InChI=1S/C12H20N4O3S/c1-10(16-8-4-6-13-16)12(17)15-7-3-5-11(9-15)14-20(2,18)19/h4,6,8,10-11,14H,3,5,7,9H2,1-2H3/t10-,11+/m0/s1. The molecule has 0 aromatic carbocycles. The number of sulfonamides is 1. The number of likely N-dealkylation sites (tertiary alicyclic amines) is 1. The minimum atomic E-state index is -3.24. The lowest BCUT2D eigenvalue weighted by molar-refractivity contribution is -0.135. The Labute approximate surface area is 119 Å². The van der Waals surface area contributed by atoms with Crippen molar-refractivity contribution in [2.24, 2.45) is 0 Å². The van der Waals surface area contributed by atoms with E-state index in [9.17, 15) is 13.2 Å². The van der Waals surface area contributed by atoms with E-state index in [0.717, 1.165) is 19.1 Å². The lowest BCUT2D eigenvalue weighted by Crippen LogP contribution is -2.50. The van der Waals surface area contributed by atoms with Crippen LogP contribution < -0.4 is 4.72 Å². The van der Waals surface area contributed by atoms with Crippen LogP contribution in [0, 0.1) is 0 Å². The van der Waals surface area contributed by atoms with Gasteiger partial charge in [-0.15, -0.1) is 0 Å². The van der Waals surface area contributed by atoms with Crippen molar-refractivity contribution in [3.05, 3.63) is 18.5 Å². The monoisotopic (exact) mass is 300 g/mol. The highest BCUT2D eigenvalue weighted by molar-refractivity contribution is 7.88. The first kappa shape index (κ1) is 15.0. The number of amides is 1. The predicted molar refractivity (Wildman–Crippen MR) is 74.5 cm³/mol. The Kier molecular flexibility index (Phi) is 4.44. The Morgan fingerprint density at radius 3 is 2.85 bits per heavy atom. The fourth-order valence-corrected chi connectivity index (χ4v) is 3.26. The molecule has 1 N–H and O–H groups in total. The molecule has 2 rings (SSSR count). The molecule has 0 spiro atoms. The maximum atomic E-state index is 12.4. The van der Waals surface area contributed by atoms with Crippen LogP contribution in [0.25, 0.3) is 0 Å². The molecule has 1 aromatic heterocycles. The fraction of sp³-hybridized carbons (Fsp3) is 0.667. The first-order valence-corrected chi connectivity index (χ1v) is 8.51. The molecule has 1 saturated heterocycles. The molecular formula is C12H20N4O3S. The molecule has 1 aromatic rings. The number of hydrogen-bond donors (Lipinski definition) is 1. The minimum Gasteiger partial charge on any atom is -0.339 e. The van der Waals surface area contributed by atoms with Gasteiger partial charge in [0.15, 0.2) is 0 Å². The molecule has 1 aliphatic heterocycles. The van der Waals surface area contributed by atoms with E-state index in [1.807, 2.05) is 0 Å². The van der Waals surface area contributed by atoms with Gasteiger partial charge in [-0.3, -0.25) is 9.48 Å². The van der Waals surface area contributed by atoms with Gasteiger partial charge in [-0.05, 0) is 25.8 Å². The zero-order chi connectivity index (χ0) is 14.8. The number of hydrogen-bond acceptors (Lipinski definition) is 4. The molecule has 1 aliphatic rings. The third-order valence-electron chi connectivity index (χ3n) is 3.39. The summed E-state index contributed by atoms with van der Waals surface area (Å²) in [6, 6.07) is 1.20. The Morgan fingerprint density at radius 1 is 1.50 bits per heavy atom. The van der Waals surface area contributed by atoms with Gasteiger partial charge < -0.3 is 4.90 Å². The molecule has 0 saturated carbocycles. The Balaban J connectivity index is 2.00. The average Bonchev–Trinajstić information content (AvgIpc) is 2.89. The van der Waals surface area contributed by atoms with Gasteiger partial charge in [0.05, 0.1) is 6.26 Å². The molecule has 0 radical (unpaired) electrons. The van der Waals surface area contributed by atoms with Crippen molar-refractivity contribution in [3.63, 3.8) is 0 Å². The largest absolute Gasteiger partial charge is 0.339 e. The highest BCUT2D eigenvalue weighted by Gasteiger charge is 2.28. The van der Waals surface area contributed by atoms with Crippen molar-refractivity contribution in [3.8, 4) is 0 Å². The highest BCUT2D eigenvalue weighted by atomic mass is 32.2. The molecule has 0 aliphatic carbocycles. The summed E-state index contributed by atoms with van der Waals surface area (Å²) in [6.45, 7) is 2.87. The molecule has 112 valence electrons. The molecule has 2 heterocycles. The third kappa shape index (κ3) is 3.80. The SMILES string of the molecule is C[C@@H](C(=O)N1CCC[C@@H](NS(C)(=O)=O)C1)n1cccn1. The van der Waals surface area contributed by atoms with Gasteiger partial charge in [-0.25, -0.2) is 13.1 Å². The summed E-state index contributed by atoms with van der Waals surface area (Å²) in [5.41, 5.74) is 0. The summed E-state index contributed by atoms with van der Waals surface area (Å²) in [7, 11) is -3.24. The van der Waals surface area contributed by atoms with Crippen LogP contribution in [0.5, 0.6) is 0 Å². The van der Waals surface area contributed by atoms with Gasteiger partial charge in [0, 0.05) is 31.5 Å². The first-order chi connectivity index (χ1) is 9.37. The summed E-state index contributed by atoms with van der Waals surface area (Å²) in [6.07, 6.45) is 6.07. The summed E-state index contributed by atoms with van der Waals surface area (Å²) in [5.74, 6) is -0.0336. The third-order valence-corrected chi connectivity index (χ3v) is 4.15. The summed E-state index contributed by atoms with van der Waals surface area (Å²) in [5, 5.41) is 4.07. The number of piperidine rings is 1. The van der Waals surface area contributed by atoms with Gasteiger partial charge in [0.1, 0.15) is 6.04 Å². The number of carbonyl (C=O) groups excluding carboxylic acids is 1. The normalized spacial score (nSPS) is 21.7. The molecule has 7 nitrogen and oxygen atoms in total. The van der Waals surface area contributed by atoms with Crippen LogP contribution in [0.3, 0.4) is 0 Å². The Hall–Kier alpha value is -1.41. The molecule has 20 heavy (non-hydrogen) atoms. The van der Waals surface area contributed by atoms with Gasteiger partial charge in [-0.2, -0.15) is 5.10 Å². The van der Waals surface area contributed by atoms with Gasteiger partial charge in [0.2, 0.25) is 15.9 Å². The van der Waals surface area contributed by atoms with E-state index in [1.165, 1.54) is 0 Å². The van der Waals surface area contributed by atoms with Crippen LogP contribution >= 0.6 is 0 Å². The van der Waals surface area contributed by atoms with Crippen LogP contribution in [0.4, 0.5) is 0 Å². The van der Waals surface area contributed by atoms with E-state index in [1.54, 1.807) is 35.0 Å². The quantitative estimate of drug-likeness (QED) is 0.847. The fourth-order valence-electron chi connectivity index (χ4n) is 2.46. The van der Waals surface area contributed by atoms with E-state index in [4.69, 9.17) is 0 Å². The molecule has 2 atom stereocenters. The number of nitrogens with one attached hydrogen (secondary N) is 1. The van der Waals surface area contributed by atoms with E-state index >= 15 is 0 Å². The second-order valence-corrected chi connectivity index (χ2v) is 6.96. The van der Waals surface area contributed by atoms with Gasteiger partial charge in [0.25, 0.3) is 0 Å². The predicted octanol–water partition coefficient (Wildman–Crippen LogP) is -0.0157. The van der Waals surface area contributed by atoms with Crippen molar-refractivity contribution in [1.82, 2.24) is 19.4 Å². The van der Waals surface area contributed by atoms with E-state index in [2.05, 4.69) is 9.82 Å². The second kappa shape index (κ2) is 5.92. The van der Waals surface area contributed by atoms with Crippen LogP contribution in [-0.4, -0.2) is 54.4 Å². The second-order valence-electron chi connectivity index (χ2n) is 5.18. The summed E-state index contributed by atoms with van der Waals surface area (Å²) >= 11 is 0. The zero-order valence-electron chi connectivity index (χ0n) is 11.7. The van der Waals surface area contributed by atoms with Crippen molar-refractivity contribution >= 4 is 15.9 Å². The number of carbonyl (C=O) groups is 1. The van der Waals surface area contributed by atoms with E-state index in [-0.39, 0.29) is 18.0 Å². The lowest BCUT2D eigenvalue weighted by Gasteiger charge is -2.34. The number of aromatic nitrogens is 2. The highest BCUT2D eigenvalue weighted by Crippen LogP contribution is 2.16. The molecule has 0 bridgehead atoms. The average molecular weight is 300 g/mol. The molecule has 0 unspecified atom stereocenters. The molecular weight excluding hydrogens is 280 g/mol. The van der Waals surface area contributed by atoms with Gasteiger partial charge in [-0.1, -0.05) is 0 Å². The van der Waals surface area contributed by atoms with Gasteiger partial charge >= 0.3 is 0 Å². The maximum Gasteiger partial charge on any atom is 0.247 e. The molecule has 1 fully saturated rings. The van der Waals surface area contributed by atoms with Crippen LogP contribution in [0.2, 0.25) is 0 Å². The molecule has 1 amide bonds. The van der Waals surface area contributed by atoms with Crippen LogP contribution in [-0.2, 0) is 14.8 Å². The minimum absolute atomic E-state index is 0.0336. The van der Waals surface area contributed by atoms with Crippen LogP contribution in [0.1, 0.15) is 25.8 Å². The van der Waals surface area contributed by atoms with E-state index in [0.29, 0.717) is 13.1 Å². The van der Waals surface area contributed by atoms with Crippen LogP contribution in [0.15, 0.2) is 18.5 Å². The van der Waals surface area contributed by atoms with Crippen molar-refractivity contribution in [1.29, 1.82) is 0 Å². The van der Waals surface area contributed by atoms with Crippen molar-refractivity contribution in [2.75, 3.05) is 19.3 Å². The maximum absolute atomic E-state index is 12.4. The van der Waals surface area contributed by atoms with E-state index < -0.39 is 10.0 Å². The number of rotatable bonds is 4. The first-order valence-electron chi connectivity index (χ1n) is 6.62. The lowest BCUT2D eigenvalue weighted by atomic mass is 10.1. The number of nitrogens with zero attached hydrogens (tertiary/aromatic N) is 3. The van der Waals surface area contributed by atoms with Crippen molar-refractivity contribution < 1.29 is 13.2 Å². The Bertz CT molecular complexity index is 555.